The van der Waals surface area contributed by atoms with Crippen LogP contribution in [0.1, 0.15) is 32.0 Å². The zero-order valence-electron chi connectivity index (χ0n) is 14.3. The van der Waals surface area contributed by atoms with Crippen molar-refractivity contribution >= 4 is 6.09 Å². The average molecular weight is 317 g/mol. The Morgan fingerprint density at radius 2 is 2.04 bits per heavy atom. The Kier molecular flexibility index (Phi) is 3.66. The van der Waals surface area contributed by atoms with E-state index >= 15 is 0 Å². The number of fused-ring (bicyclic) bond motifs is 1. The molecule has 0 aromatic carbocycles. The van der Waals surface area contributed by atoms with Gasteiger partial charge in [-0.1, -0.05) is 0 Å². The summed E-state index contributed by atoms with van der Waals surface area (Å²) < 4.78 is 9.15. The molecule has 0 aliphatic carbocycles. The van der Waals surface area contributed by atoms with E-state index in [0.717, 1.165) is 23.2 Å². The summed E-state index contributed by atoms with van der Waals surface area (Å²) >= 11 is 0. The van der Waals surface area contributed by atoms with Crippen LogP contribution in [0.15, 0.2) is 12.4 Å². The molecule has 0 fully saturated rings. The van der Waals surface area contributed by atoms with Gasteiger partial charge in [-0.05, 0) is 20.8 Å². The molecule has 0 saturated carbocycles. The largest absolute Gasteiger partial charge is 0.444 e. The maximum atomic E-state index is 12.3. The molecule has 0 N–H and O–H groups in total. The molecule has 3 rings (SSSR count). The predicted octanol–water partition coefficient (Wildman–Crippen LogP) is 2.11. The fraction of sp³-hybridized carbons (Fsp3) is 0.562. The maximum Gasteiger partial charge on any atom is 0.410 e. The fourth-order valence-corrected chi connectivity index (χ4v) is 2.85. The zero-order valence-corrected chi connectivity index (χ0v) is 14.3. The highest BCUT2D eigenvalue weighted by molar-refractivity contribution is 5.70. The first kappa shape index (κ1) is 15.6. The van der Waals surface area contributed by atoms with Crippen molar-refractivity contribution in [3.63, 3.8) is 0 Å². The monoisotopic (exact) mass is 317 g/mol. The summed E-state index contributed by atoms with van der Waals surface area (Å²) in [7, 11) is 3.83. The Morgan fingerprint density at radius 1 is 1.30 bits per heavy atom. The van der Waals surface area contributed by atoms with Crippen LogP contribution in [0.4, 0.5) is 4.79 Å². The number of amides is 1. The van der Waals surface area contributed by atoms with Gasteiger partial charge in [0.05, 0.1) is 12.7 Å². The van der Waals surface area contributed by atoms with Crippen molar-refractivity contribution in [1.29, 1.82) is 0 Å². The number of aryl methyl sites for hydroxylation is 2. The highest BCUT2D eigenvalue weighted by Gasteiger charge is 2.30. The summed E-state index contributed by atoms with van der Waals surface area (Å²) in [6.45, 7) is 6.80. The van der Waals surface area contributed by atoms with E-state index in [2.05, 4.69) is 10.2 Å². The highest BCUT2D eigenvalue weighted by Crippen LogP contribution is 2.30. The van der Waals surface area contributed by atoms with E-state index in [1.54, 1.807) is 15.8 Å². The SMILES string of the molecule is Cn1cc(-c2nn(C)c3c2CN(C(=O)OC(C)(C)C)CC3)cn1. The third-order valence-corrected chi connectivity index (χ3v) is 3.87. The molecule has 0 spiro atoms. The van der Waals surface area contributed by atoms with Gasteiger partial charge in [0.1, 0.15) is 11.3 Å². The standard InChI is InChI=1S/C16H23N5O2/c1-16(2,3)23-15(22)21-7-6-13-12(10-21)14(18-20(13)5)11-8-17-19(4)9-11/h8-9H,6-7,10H2,1-5H3. The van der Waals surface area contributed by atoms with Gasteiger partial charge in [-0.3, -0.25) is 9.36 Å². The topological polar surface area (TPSA) is 65.2 Å². The molecule has 124 valence electrons. The van der Waals surface area contributed by atoms with Gasteiger partial charge < -0.3 is 9.64 Å². The Balaban J connectivity index is 1.89. The first-order valence-electron chi connectivity index (χ1n) is 7.76. The van der Waals surface area contributed by atoms with Gasteiger partial charge in [0.2, 0.25) is 0 Å². The van der Waals surface area contributed by atoms with Crippen molar-refractivity contribution in [2.45, 2.75) is 39.3 Å². The lowest BCUT2D eigenvalue weighted by atomic mass is 10.0. The van der Waals surface area contributed by atoms with E-state index in [4.69, 9.17) is 4.74 Å². The van der Waals surface area contributed by atoms with Crippen molar-refractivity contribution in [3.05, 3.63) is 23.7 Å². The molecule has 1 amide bonds. The Labute approximate surface area is 135 Å². The molecule has 0 unspecified atom stereocenters. The second kappa shape index (κ2) is 5.40. The fourth-order valence-electron chi connectivity index (χ4n) is 2.85. The maximum absolute atomic E-state index is 12.3. The highest BCUT2D eigenvalue weighted by atomic mass is 16.6. The van der Waals surface area contributed by atoms with Crippen LogP contribution >= 0.6 is 0 Å². The minimum absolute atomic E-state index is 0.274. The van der Waals surface area contributed by atoms with Crippen LogP contribution in [0.3, 0.4) is 0 Å². The molecular formula is C16H23N5O2. The molecule has 1 aliphatic rings. The zero-order chi connectivity index (χ0) is 16.8. The second-order valence-electron chi connectivity index (χ2n) is 6.95. The molecule has 7 heteroatoms. The number of carbonyl (C=O) groups excluding carboxylic acids is 1. The summed E-state index contributed by atoms with van der Waals surface area (Å²) in [5, 5.41) is 8.84. The van der Waals surface area contributed by atoms with Crippen LogP contribution in [0.2, 0.25) is 0 Å². The third kappa shape index (κ3) is 3.09. The molecule has 7 nitrogen and oxygen atoms in total. The van der Waals surface area contributed by atoms with E-state index in [-0.39, 0.29) is 6.09 Å². The third-order valence-electron chi connectivity index (χ3n) is 3.87. The van der Waals surface area contributed by atoms with E-state index in [1.165, 1.54) is 5.69 Å². The lowest BCUT2D eigenvalue weighted by molar-refractivity contribution is 0.0223. The average Bonchev–Trinajstić information content (AvgIpc) is 3.01. The summed E-state index contributed by atoms with van der Waals surface area (Å²) in [4.78, 5) is 14.1. The molecule has 0 bridgehead atoms. The molecule has 23 heavy (non-hydrogen) atoms. The van der Waals surface area contributed by atoms with Crippen LogP contribution in [0, 0.1) is 0 Å². The van der Waals surface area contributed by atoms with Crippen LogP contribution in [0.5, 0.6) is 0 Å². The number of rotatable bonds is 1. The Bertz CT molecular complexity index is 738. The summed E-state index contributed by atoms with van der Waals surface area (Å²) in [6.07, 6.45) is 4.24. The molecule has 2 aromatic heterocycles. The van der Waals surface area contributed by atoms with Gasteiger partial charge in [-0.25, -0.2) is 4.79 Å². The van der Waals surface area contributed by atoms with E-state index in [9.17, 15) is 4.79 Å². The lowest BCUT2D eigenvalue weighted by Gasteiger charge is -2.30. The van der Waals surface area contributed by atoms with Crippen LogP contribution in [0.25, 0.3) is 11.3 Å². The van der Waals surface area contributed by atoms with Crippen molar-refractivity contribution in [2.75, 3.05) is 6.54 Å². The number of nitrogens with zero attached hydrogens (tertiary/aromatic N) is 5. The number of aromatic nitrogens is 4. The smallest absolute Gasteiger partial charge is 0.410 e. The van der Waals surface area contributed by atoms with Crippen molar-refractivity contribution in [3.8, 4) is 11.3 Å². The van der Waals surface area contributed by atoms with Crippen LogP contribution in [-0.4, -0.2) is 42.7 Å². The molecule has 0 atom stereocenters. The summed E-state index contributed by atoms with van der Waals surface area (Å²) in [6, 6.07) is 0. The second-order valence-corrected chi connectivity index (χ2v) is 6.95. The van der Waals surface area contributed by atoms with E-state index in [1.807, 2.05) is 45.7 Å². The van der Waals surface area contributed by atoms with Crippen LogP contribution < -0.4 is 0 Å². The first-order valence-corrected chi connectivity index (χ1v) is 7.76. The summed E-state index contributed by atoms with van der Waals surface area (Å²) in [5.74, 6) is 0. The quantitative estimate of drug-likeness (QED) is 0.808. The molecule has 3 heterocycles. The van der Waals surface area contributed by atoms with Crippen molar-refractivity contribution in [2.24, 2.45) is 14.1 Å². The van der Waals surface area contributed by atoms with Gasteiger partial charge in [0.25, 0.3) is 0 Å². The number of hydrogen-bond donors (Lipinski definition) is 0. The van der Waals surface area contributed by atoms with E-state index < -0.39 is 5.60 Å². The minimum atomic E-state index is -0.488. The molecular weight excluding hydrogens is 294 g/mol. The van der Waals surface area contributed by atoms with Gasteiger partial charge >= 0.3 is 6.09 Å². The van der Waals surface area contributed by atoms with Gasteiger partial charge in [0.15, 0.2) is 0 Å². The summed E-state index contributed by atoms with van der Waals surface area (Å²) in [5.41, 5.74) is 3.62. The van der Waals surface area contributed by atoms with Crippen LogP contribution in [-0.2, 0) is 31.8 Å². The lowest BCUT2D eigenvalue weighted by Crippen LogP contribution is -2.40. The van der Waals surface area contributed by atoms with Gasteiger partial charge in [-0.15, -0.1) is 0 Å². The number of hydrogen-bond acceptors (Lipinski definition) is 4. The van der Waals surface area contributed by atoms with Crippen molar-refractivity contribution in [1.82, 2.24) is 24.5 Å². The molecule has 2 aromatic rings. The molecule has 1 aliphatic heterocycles. The Morgan fingerprint density at radius 3 is 2.65 bits per heavy atom. The minimum Gasteiger partial charge on any atom is -0.444 e. The number of carbonyl (C=O) groups is 1. The Hall–Kier alpha value is -2.31. The number of ether oxygens (including phenoxy) is 1. The molecule has 0 radical (unpaired) electrons. The normalized spacial score (nSPS) is 14.7. The molecule has 0 saturated heterocycles. The van der Waals surface area contributed by atoms with E-state index in [0.29, 0.717) is 13.1 Å². The first-order chi connectivity index (χ1) is 10.7. The van der Waals surface area contributed by atoms with Gasteiger partial charge in [-0.2, -0.15) is 10.2 Å². The predicted molar refractivity (Wildman–Crippen MR) is 85.8 cm³/mol. The van der Waals surface area contributed by atoms with Crippen molar-refractivity contribution < 1.29 is 9.53 Å². The van der Waals surface area contributed by atoms with Gasteiger partial charge in [0, 0.05) is 50.1 Å².